The molecule has 1 heterocycles. The summed E-state index contributed by atoms with van der Waals surface area (Å²) in [6.07, 6.45) is 0.115. The maximum Gasteiger partial charge on any atom is 0.346 e. The highest BCUT2D eigenvalue weighted by atomic mass is 79.9. The second-order valence-corrected chi connectivity index (χ2v) is 10.9. The highest BCUT2D eigenvalue weighted by molar-refractivity contribution is 9.10. The Morgan fingerprint density at radius 2 is 1.91 bits per heavy atom. The quantitative estimate of drug-likeness (QED) is 0.0834. The molecule has 1 atom stereocenters. The summed E-state index contributed by atoms with van der Waals surface area (Å²) in [4.78, 5) is 42.0. The minimum Gasteiger partial charge on any atom is -0.494 e. The van der Waals surface area contributed by atoms with Crippen molar-refractivity contribution >= 4 is 44.7 Å². The minimum atomic E-state index is -1.15. The van der Waals surface area contributed by atoms with Crippen molar-refractivity contribution in [3.05, 3.63) is 90.2 Å². The lowest BCUT2D eigenvalue weighted by Gasteiger charge is -2.18. The summed E-state index contributed by atoms with van der Waals surface area (Å²) < 4.78 is 17.8. The molecule has 3 aromatic carbocycles. The lowest BCUT2D eigenvalue weighted by atomic mass is 9.96. The Balaban J connectivity index is 1.99. The largest absolute Gasteiger partial charge is 0.494 e. The van der Waals surface area contributed by atoms with Crippen LogP contribution >= 0.6 is 15.9 Å². The maximum absolute atomic E-state index is 13.9. The van der Waals surface area contributed by atoms with Gasteiger partial charge in [-0.15, -0.1) is 0 Å². The number of rotatable bonds is 10. The second kappa shape index (κ2) is 13.2. The minimum absolute atomic E-state index is 0.115. The maximum atomic E-state index is 13.9. The Morgan fingerprint density at radius 3 is 2.56 bits per heavy atom. The number of benzene rings is 3. The Bertz CT molecular complexity index is 1800. The van der Waals surface area contributed by atoms with Crippen LogP contribution in [0.2, 0.25) is 0 Å². The van der Waals surface area contributed by atoms with Crippen LogP contribution in [0.15, 0.2) is 62.9 Å². The van der Waals surface area contributed by atoms with E-state index < -0.39 is 28.2 Å². The van der Waals surface area contributed by atoms with E-state index >= 15 is 0 Å². The van der Waals surface area contributed by atoms with E-state index in [1.807, 2.05) is 39.8 Å². The zero-order chi connectivity index (χ0) is 31.4. The fraction of sp³-hybridized carbons (Fsp3) is 0.290. The number of ether oxygens (including phenoxy) is 3. The number of hydrogen-bond acceptors (Lipinski definition) is 9. The first-order valence-electron chi connectivity index (χ1n) is 13.5. The summed E-state index contributed by atoms with van der Waals surface area (Å²) >= 11 is 3.29. The van der Waals surface area contributed by atoms with E-state index in [-0.39, 0.29) is 23.1 Å². The molecular formula is C31H31BrN4O7. The third-order valence-electron chi connectivity index (χ3n) is 6.67. The van der Waals surface area contributed by atoms with E-state index in [4.69, 9.17) is 19.2 Å². The van der Waals surface area contributed by atoms with Gasteiger partial charge in [0.1, 0.15) is 5.75 Å². The molecule has 12 heteroatoms. The Kier molecular flexibility index (Phi) is 9.59. The number of hydrogen-bond donors (Lipinski definition) is 0. The Labute approximate surface area is 256 Å². The van der Waals surface area contributed by atoms with Crippen LogP contribution < -0.4 is 15.0 Å². The molecule has 0 aliphatic rings. The fourth-order valence-corrected chi connectivity index (χ4v) is 5.01. The van der Waals surface area contributed by atoms with Crippen molar-refractivity contribution < 1.29 is 23.9 Å². The molecule has 0 aliphatic heterocycles. The van der Waals surface area contributed by atoms with Gasteiger partial charge in [0, 0.05) is 21.7 Å². The topological polar surface area (TPSA) is 135 Å². The number of nitro benzene ring substituents is 1. The first kappa shape index (κ1) is 31.4. The number of nitrogens with zero attached hydrogens (tertiary/aromatic N) is 4. The van der Waals surface area contributed by atoms with E-state index in [1.165, 1.54) is 32.4 Å². The first-order valence-corrected chi connectivity index (χ1v) is 14.3. The molecule has 0 fully saturated rings. The molecule has 0 saturated carbocycles. The molecule has 0 saturated heterocycles. The Hall–Kier alpha value is -4.58. The predicted molar refractivity (Wildman–Crippen MR) is 167 cm³/mol. The molecule has 224 valence electrons. The molecule has 1 aromatic heterocycles. The molecular weight excluding hydrogens is 620 g/mol. The lowest BCUT2D eigenvalue weighted by Crippen LogP contribution is -2.26. The van der Waals surface area contributed by atoms with Crippen LogP contribution in [0.3, 0.4) is 0 Å². The summed E-state index contributed by atoms with van der Waals surface area (Å²) in [5.74, 6) is 0.211. The van der Waals surface area contributed by atoms with Gasteiger partial charge in [0.15, 0.2) is 11.9 Å². The molecule has 0 radical (unpaired) electrons. The number of fused-ring (bicyclic) bond motifs is 1. The average Bonchev–Trinajstić information content (AvgIpc) is 2.97. The molecule has 4 rings (SSSR count). The number of carbonyl (C=O) groups is 1. The van der Waals surface area contributed by atoms with Gasteiger partial charge in [-0.1, -0.05) is 41.9 Å². The van der Waals surface area contributed by atoms with E-state index in [0.29, 0.717) is 27.5 Å². The van der Waals surface area contributed by atoms with Gasteiger partial charge >= 0.3 is 11.7 Å². The van der Waals surface area contributed by atoms with Crippen molar-refractivity contribution in [1.29, 1.82) is 0 Å². The first-order chi connectivity index (χ1) is 20.5. The number of aryl methyl sites for hydroxylation is 1. The summed E-state index contributed by atoms with van der Waals surface area (Å²) in [6, 6.07) is 13.6. The summed E-state index contributed by atoms with van der Waals surface area (Å²) in [5.41, 5.74) is 2.22. The molecule has 0 spiro atoms. The third kappa shape index (κ3) is 6.59. The van der Waals surface area contributed by atoms with Crippen LogP contribution in [-0.4, -0.2) is 46.6 Å². The standard InChI is InChI=1S/C31H31BrN4O7/c1-7-42-27-12-18(4)24(15-23(27)17(2)3)29-34-25-11-9-8-10-22(25)30(37)35(29)33-16-20-13-21(32)14-26(36(39)40)28(20)43-19(5)31(38)41-6/h8-17,19H,7H2,1-6H3/t19-/m0/s1. The Morgan fingerprint density at radius 1 is 1.19 bits per heavy atom. The highest BCUT2D eigenvalue weighted by Crippen LogP contribution is 2.36. The van der Waals surface area contributed by atoms with E-state index in [0.717, 1.165) is 21.6 Å². The highest BCUT2D eigenvalue weighted by Gasteiger charge is 2.26. The van der Waals surface area contributed by atoms with Gasteiger partial charge in [-0.05, 0) is 68.1 Å². The number of carbonyl (C=O) groups excluding carboxylic acids is 1. The SMILES string of the molecule is CCOc1cc(C)c(-c2nc3ccccc3c(=O)n2N=Cc2cc(Br)cc([N+](=O)[O-])c2O[C@@H](C)C(=O)OC)cc1C(C)C. The van der Waals surface area contributed by atoms with Gasteiger partial charge in [0.25, 0.3) is 5.56 Å². The van der Waals surface area contributed by atoms with E-state index in [2.05, 4.69) is 21.0 Å². The van der Waals surface area contributed by atoms with Gasteiger partial charge in [-0.3, -0.25) is 14.9 Å². The molecule has 4 aromatic rings. The van der Waals surface area contributed by atoms with Gasteiger partial charge in [-0.25, -0.2) is 9.78 Å². The summed E-state index contributed by atoms with van der Waals surface area (Å²) in [6.45, 7) is 9.82. The average molecular weight is 652 g/mol. The molecule has 0 unspecified atom stereocenters. The molecule has 0 bridgehead atoms. The van der Waals surface area contributed by atoms with Crippen molar-refractivity contribution in [2.45, 2.75) is 46.6 Å². The van der Waals surface area contributed by atoms with Crippen LogP contribution in [0, 0.1) is 17.0 Å². The van der Waals surface area contributed by atoms with Crippen LogP contribution in [-0.2, 0) is 9.53 Å². The number of nitro groups is 1. The van der Waals surface area contributed by atoms with Crippen LogP contribution in [0.1, 0.15) is 50.3 Å². The van der Waals surface area contributed by atoms with Gasteiger partial charge < -0.3 is 14.2 Å². The zero-order valence-corrected chi connectivity index (χ0v) is 26.2. The predicted octanol–water partition coefficient (Wildman–Crippen LogP) is 6.39. The lowest BCUT2D eigenvalue weighted by molar-refractivity contribution is -0.386. The van der Waals surface area contributed by atoms with Crippen molar-refractivity contribution in [1.82, 2.24) is 9.66 Å². The molecule has 0 N–H and O–H groups in total. The second-order valence-electron chi connectivity index (χ2n) is 9.99. The normalized spacial score (nSPS) is 12.1. The summed E-state index contributed by atoms with van der Waals surface area (Å²) in [7, 11) is 1.19. The zero-order valence-electron chi connectivity index (χ0n) is 24.6. The summed E-state index contributed by atoms with van der Waals surface area (Å²) in [5, 5.41) is 16.8. The van der Waals surface area contributed by atoms with Crippen molar-refractivity contribution in [3.8, 4) is 22.9 Å². The number of aromatic nitrogens is 2. The van der Waals surface area contributed by atoms with Crippen molar-refractivity contribution in [3.63, 3.8) is 0 Å². The number of para-hydroxylation sites is 1. The molecule has 0 amide bonds. The number of esters is 1. The van der Waals surface area contributed by atoms with Crippen LogP contribution in [0.4, 0.5) is 5.69 Å². The smallest absolute Gasteiger partial charge is 0.346 e. The fourth-order valence-electron chi connectivity index (χ4n) is 4.55. The number of halogens is 1. The van der Waals surface area contributed by atoms with Crippen molar-refractivity contribution in [2.24, 2.45) is 5.10 Å². The van der Waals surface area contributed by atoms with Gasteiger partial charge in [0.05, 0.1) is 35.8 Å². The van der Waals surface area contributed by atoms with E-state index in [1.54, 1.807) is 24.3 Å². The molecule has 43 heavy (non-hydrogen) atoms. The molecule has 0 aliphatic carbocycles. The van der Waals surface area contributed by atoms with Gasteiger partial charge in [-0.2, -0.15) is 9.78 Å². The van der Waals surface area contributed by atoms with Crippen LogP contribution in [0.5, 0.6) is 11.5 Å². The number of methoxy groups -OCH3 is 1. The molecule has 11 nitrogen and oxygen atoms in total. The van der Waals surface area contributed by atoms with Crippen LogP contribution in [0.25, 0.3) is 22.3 Å². The van der Waals surface area contributed by atoms with E-state index in [9.17, 15) is 19.7 Å². The van der Waals surface area contributed by atoms with Crippen molar-refractivity contribution in [2.75, 3.05) is 13.7 Å². The van der Waals surface area contributed by atoms with Gasteiger partial charge in [0.2, 0.25) is 5.75 Å². The third-order valence-corrected chi connectivity index (χ3v) is 7.13. The monoisotopic (exact) mass is 650 g/mol.